The lowest BCUT2D eigenvalue weighted by molar-refractivity contribution is 0.0568. The second kappa shape index (κ2) is 8.30. The summed E-state index contributed by atoms with van der Waals surface area (Å²) in [6.45, 7) is 5.09. The summed E-state index contributed by atoms with van der Waals surface area (Å²) < 4.78 is 6.61. The van der Waals surface area contributed by atoms with Crippen molar-refractivity contribution in [1.29, 1.82) is 0 Å². The summed E-state index contributed by atoms with van der Waals surface area (Å²) in [5, 5.41) is 3.65. The Hall–Kier alpha value is -0.0300. The van der Waals surface area contributed by atoms with Crippen LogP contribution in [-0.4, -0.2) is 31.6 Å². The minimum atomic E-state index is 0.600. The molecule has 106 valence electrons. The molecule has 1 fully saturated rings. The lowest BCUT2D eigenvalue weighted by atomic mass is 9.93. The molecule has 2 rings (SSSR count). The molecule has 1 atom stereocenters. The summed E-state index contributed by atoms with van der Waals surface area (Å²) in [5.74, 6) is 1.90. The van der Waals surface area contributed by atoms with Crippen LogP contribution < -0.4 is 5.32 Å². The normalized spacial score (nSPS) is 18.4. The molecule has 1 N–H and O–H groups in total. The van der Waals surface area contributed by atoms with Gasteiger partial charge in [0.25, 0.3) is 0 Å². The van der Waals surface area contributed by atoms with Crippen LogP contribution in [0.15, 0.2) is 33.6 Å². The van der Waals surface area contributed by atoms with Crippen LogP contribution >= 0.6 is 27.7 Å². The van der Waals surface area contributed by atoms with Gasteiger partial charge in [0.15, 0.2) is 0 Å². The Kier molecular flexibility index (Phi) is 6.71. The van der Waals surface area contributed by atoms with E-state index in [1.807, 2.05) is 11.8 Å². The number of ether oxygens (including phenoxy) is 1. The average molecular weight is 344 g/mol. The smallest absolute Gasteiger partial charge is 0.0469 e. The molecule has 0 aromatic heterocycles. The molecule has 0 spiro atoms. The maximum atomic E-state index is 5.46. The zero-order valence-corrected chi connectivity index (χ0v) is 13.8. The van der Waals surface area contributed by atoms with Crippen LogP contribution in [0.5, 0.6) is 0 Å². The van der Waals surface area contributed by atoms with Crippen LogP contribution in [0.2, 0.25) is 0 Å². The van der Waals surface area contributed by atoms with E-state index in [0.29, 0.717) is 6.04 Å². The fourth-order valence-electron chi connectivity index (χ4n) is 2.46. The maximum absolute atomic E-state index is 5.46. The minimum Gasteiger partial charge on any atom is -0.381 e. The molecule has 2 nitrogen and oxygen atoms in total. The van der Waals surface area contributed by atoms with Gasteiger partial charge in [0.2, 0.25) is 0 Å². The fourth-order valence-corrected chi connectivity index (χ4v) is 3.81. The van der Waals surface area contributed by atoms with Crippen LogP contribution in [0.25, 0.3) is 0 Å². The van der Waals surface area contributed by atoms with Gasteiger partial charge in [0.1, 0.15) is 0 Å². The molecule has 4 heteroatoms. The molecule has 1 unspecified atom stereocenters. The summed E-state index contributed by atoms with van der Waals surface area (Å²) in [7, 11) is 0. The maximum Gasteiger partial charge on any atom is 0.0469 e. The Morgan fingerprint density at radius 3 is 2.63 bits per heavy atom. The third-order valence-electron chi connectivity index (χ3n) is 3.54. The minimum absolute atomic E-state index is 0.600. The molecule has 1 saturated heterocycles. The largest absolute Gasteiger partial charge is 0.381 e. The predicted octanol–water partition coefficient (Wildman–Crippen LogP) is 3.95. The van der Waals surface area contributed by atoms with E-state index >= 15 is 0 Å². The summed E-state index contributed by atoms with van der Waals surface area (Å²) in [4.78, 5) is 1.35. The van der Waals surface area contributed by atoms with Crippen LogP contribution in [0, 0.1) is 5.92 Å². The Bertz CT molecular complexity index is 365. The predicted molar refractivity (Wildman–Crippen MR) is 85.9 cm³/mol. The molecule has 0 bridgehead atoms. The van der Waals surface area contributed by atoms with Crippen molar-refractivity contribution in [2.45, 2.75) is 30.7 Å². The summed E-state index contributed by atoms with van der Waals surface area (Å²) in [5.41, 5.74) is 0. The third kappa shape index (κ3) is 5.10. The van der Waals surface area contributed by atoms with E-state index < -0.39 is 0 Å². The highest BCUT2D eigenvalue weighted by Gasteiger charge is 2.23. The molecule has 0 aliphatic carbocycles. The lowest BCUT2D eigenvalue weighted by Crippen LogP contribution is -2.40. The molecule has 1 aliphatic heterocycles. The zero-order chi connectivity index (χ0) is 13.5. The average Bonchev–Trinajstić information content (AvgIpc) is 2.46. The number of rotatable bonds is 6. The van der Waals surface area contributed by atoms with E-state index in [-0.39, 0.29) is 0 Å². The molecule has 19 heavy (non-hydrogen) atoms. The number of benzene rings is 1. The molecular weight excluding hydrogens is 322 g/mol. The summed E-state index contributed by atoms with van der Waals surface area (Å²) >= 11 is 5.42. The molecule has 1 heterocycles. The highest BCUT2D eigenvalue weighted by molar-refractivity contribution is 9.10. The molecule has 0 amide bonds. The fraction of sp³-hybridized carbons (Fsp3) is 0.600. The van der Waals surface area contributed by atoms with E-state index in [4.69, 9.17) is 4.74 Å². The van der Waals surface area contributed by atoms with Gasteiger partial charge in [0, 0.05) is 34.4 Å². The van der Waals surface area contributed by atoms with Gasteiger partial charge in [-0.15, -0.1) is 11.8 Å². The number of hydrogen-bond acceptors (Lipinski definition) is 3. The van der Waals surface area contributed by atoms with E-state index in [9.17, 15) is 0 Å². The van der Waals surface area contributed by atoms with E-state index in [1.54, 1.807) is 0 Å². The monoisotopic (exact) mass is 343 g/mol. The van der Waals surface area contributed by atoms with Crippen LogP contribution in [-0.2, 0) is 4.74 Å². The van der Waals surface area contributed by atoms with Crippen molar-refractivity contribution >= 4 is 27.7 Å². The van der Waals surface area contributed by atoms with Gasteiger partial charge in [0.05, 0.1) is 0 Å². The van der Waals surface area contributed by atoms with Crippen molar-refractivity contribution < 1.29 is 4.74 Å². The number of nitrogens with one attached hydrogen (secondary N) is 1. The van der Waals surface area contributed by atoms with Gasteiger partial charge in [-0.2, -0.15) is 0 Å². The summed E-state index contributed by atoms with van der Waals surface area (Å²) in [6.07, 6.45) is 2.39. The third-order valence-corrected chi connectivity index (χ3v) is 5.20. The Morgan fingerprint density at radius 2 is 2.00 bits per heavy atom. The van der Waals surface area contributed by atoms with Crippen molar-refractivity contribution in [2.75, 3.05) is 25.5 Å². The number of thioether (sulfide) groups is 1. The van der Waals surface area contributed by atoms with Crippen molar-refractivity contribution in [3.63, 3.8) is 0 Å². The van der Waals surface area contributed by atoms with Gasteiger partial charge in [-0.3, -0.25) is 0 Å². The highest BCUT2D eigenvalue weighted by atomic mass is 79.9. The topological polar surface area (TPSA) is 21.3 Å². The molecule has 1 aromatic rings. The van der Waals surface area contributed by atoms with E-state index in [1.165, 1.54) is 17.7 Å². The first-order valence-electron chi connectivity index (χ1n) is 6.99. The highest BCUT2D eigenvalue weighted by Crippen LogP contribution is 2.26. The number of hydrogen-bond donors (Lipinski definition) is 1. The second-order valence-corrected chi connectivity index (χ2v) is 6.89. The molecule has 0 saturated carbocycles. The van der Waals surface area contributed by atoms with Gasteiger partial charge < -0.3 is 10.1 Å². The molecule has 1 aliphatic rings. The summed E-state index contributed by atoms with van der Waals surface area (Å²) in [6, 6.07) is 9.18. The van der Waals surface area contributed by atoms with Crippen molar-refractivity contribution in [3.05, 3.63) is 28.7 Å². The zero-order valence-electron chi connectivity index (χ0n) is 11.4. The SMILES string of the molecule is CCNC(CSc1ccc(Br)cc1)C1CCOCC1. The van der Waals surface area contributed by atoms with Crippen LogP contribution in [0.1, 0.15) is 19.8 Å². The van der Waals surface area contributed by atoms with E-state index in [0.717, 1.165) is 35.9 Å². The van der Waals surface area contributed by atoms with Crippen molar-refractivity contribution in [3.8, 4) is 0 Å². The molecule has 0 radical (unpaired) electrons. The Morgan fingerprint density at radius 1 is 1.32 bits per heavy atom. The lowest BCUT2D eigenvalue weighted by Gasteiger charge is -2.30. The van der Waals surface area contributed by atoms with Crippen molar-refractivity contribution in [1.82, 2.24) is 5.32 Å². The Labute approximate surface area is 128 Å². The first-order chi connectivity index (χ1) is 9.29. The quantitative estimate of drug-likeness (QED) is 0.790. The van der Waals surface area contributed by atoms with Gasteiger partial charge >= 0.3 is 0 Å². The van der Waals surface area contributed by atoms with Gasteiger partial charge in [-0.25, -0.2) is 0 Å². The first kappa shape index (κ1) is 15.4. The molecular formula is C15H22BrNOS. The second-order valence-electron chi connectivity index (χ2n) is 4.88. The standard InChI is InChI=1S/C15H22BrNOS/c1-2-17-15(12-7-9-18-10-8-12)11-19-14-5-3-13(16)4-6-14/h3-6,12,15,17H,2,7-11H2,1H3. The van der Waals surface area contributed by atoms with Gasteiger partial charge in [-0.05, 0) is 49.6 Å². The molecule has 1 aromatic carbocycles. The van der Waals surface area contributed by atoms with Gasteiger partial charge in [-0.1, -0.05) is 22.9 Å². The Balaban J connectivity index is 1.87. The van der Waals surface area contributed by atoms with Crippen LogP contribution in [0.3, 0.4) is 0 Å². The number of halogens is 1. The van der Waals surface area contributed by atoms with Crippen molar-refractivity contribution in [2.24, 2.45) is 5.92 Å². The first-order valence-corrected chi connectivity index (χ1v) is 8.77. The van der Waals surface area contributed by atoms with Crippen LogP contribution in [0.4, 0.5) is 0 Å². The van der Waals surface area contributed by atoms with E-state index in [2.05, 4.69) is 52.4 Å².